The van der Waals surface area contributed by atoms with Crippen LogP contribution in [0.15, 0.2) is 29.6 Å². The van der Waals surface area contributed by atoms with E-state index in [-0.39, 0.29) is 22.8 Å². The van der Waals surface area contributed by atoms with Gasteiger partial charge in [-0.05, 0) is 26.0 Å². The third-order valence-electron chi connectivity index (χ3n) is 3.92. The molecule has 0 aliphatic rings. The van der Waals surface area contributed by atoms with Gasteiger partial charge in [-0.2, -0.15) is 5.10 Å². The van der Waals surface area contributed by atoms with Gasteiger partial charge in [0, 0.05) is 30.6 Å². The summed E-state index contributed by atoms with van der Waals surface area (Å²) in [5, 5.41) is 26.0. The first-order chi connectivity index (χ1) is 11.8. The molecule has 3 aromatic rings. The topological polar surface area (TPSA) is 114 Å². The number of aromatic hydroxyl groups is 1. The Labute approximate surface area is 142 Å². The van der Waals surface area contributed by atoms with Crippen LogP contribution in [0, 0.1) is 19.7 Å². The molecule has 8 nitrogen and oxygen atoms in total. The molecule has 2 heterocycles. The number of hydrogen-bond donors (Lipinski definition) is 3. The smallest absolute Gasteiger partial charge is 0.190 e. The third kappa shape index (κ3) is 2.59. The summed E-state index contributed by atoms with van der Waals surface area (Å²) in [7, 11) is 1.61. The molecule has 4 N–H and O–H groups in total. The van der Waals surface area contributed by atoms with E-state index in [1.165, 1.54) is 16.8 Å². The number of phenols is 1. The molecule has 0 bridgehead atoms. The quantitative estimate of drug-likeness (QED) is 0.290. The van der Waals surface area contributed by atoms with Crippen LogP contribution in [0.3, 0.4) is 0 Å². The molecular weight excluding hydrogens is 327 g/mol. The summed E-state index contributed by atoms with van der Waals surface area (Å²) in [6.07, 6.45) is 1.66. The lowest BCUT2D eigenvalue weighted by Gasteiger charge is -2.11. The van der Waals surface area contributed by atoms with Crippen LogP contribution >= 0.6 is 0 Å². The number of halogens is 1. The number of imidazole rings is 1. The summed E-state index contributed by atoms with van der Waals surface area (Å²) < 4.78 is 17.6. The molecule has 25 heavy (non-hydrogen) atoms. The first-order valence-electron chi connectivity index (χ1n) is 7.40. The summed E-state index contributed by atoms with van der Waals surface area (Å²) in [5.74, 6) is -0.355. The van der Waals surface area contributed by atoms with Gasteiger partial charge in [-0.3, -0.25) is 9.25 Å². The Kier molecular flexibility index (Phi) is 3.91. The minimum atomic E-state index is -0.638. The average Bonchev–Trinajstić information content (AvgIpc) is 3.06. The molecule has 0 aliphatic carbocycles. The number of benzene rings is 1. The van der Waals surface area contributed by atoms with Gasteiger partial charge in [0.05, 0.1) is 0 Å². The molecule has 2 aromatic heterocycles. The van der Waals surface area contributed by atoms with E-state index in [0.29, 0.717) is 17.2 Å². The van der Waals surface area contributed by atoms with E-state index < -0.39 is 5.82 Å². The zero-order chi connectivity index (χ0) is 18.3. The molecule has 130 valence electrons. The number of nitrogens with zero attached hydrogens (tertiary/aromatic N) is 5. The van der Waals surface area contributed by atoms with Crippen molar-refractivity contribution in [3.8, 4) is 22.7 Å². The summed E-state index contributed by atoms with van der Waals surface area (Å²) >= 11 is 0. The van der Waals surface area contributed by atoms with Gasteiger partial charge in [-0.15, -0.1) is 0 Å². The zero-order valence-electron chi connectivity index (χ0n) is 13.9. The summed E-state index contributed by atoms with van der Waals surface area (Å²) in [6, 6.07) is 3.80. The number of hydrogen-bond acceptors (Lipinski definition) is 5. The molecule has 0 saturated carbocycles. The minimum Gasteiger partial charge on any atom is -0.508 e. The van der Waals surface area contributed by atoms with E-state index in [1.54, 1.807) is 24.7 Å². The number of oxime groups is 1. The molecule has 0 atom stereocenters. The molecule has 0 saturated heterocycles. The van der Waals surface area contributed by atoms with E-state index in [9.17, 15) is 9.50 Å². The summed E-state index contributed by atoms with van der Waals surface area (Å²) in [4.78, 5) is 4.25. The maximum Gasteiger partial charge on any atom is 0.190 e. The Balaban J connectivity index is 2.41. The van der Waals surface area contributed by atoms with Crippen LogP contribution in [-0.4, -0.2) is 35.5 Å². The van der Waals surface area contributed by atoms with Crippen molar-refractivity contribution in [3.63, 3.8) is 0 Å². The van der Waals surface area contributed by atoms with Crippen molar-refractivity contribution in [2.45, 2.75) is 13.8 Å². The van der Waals surface area contributed by atoms with E-state index in [1.807, 2.05) is 6.92 Å². The number of aromatic nitrogens is 4. The van der Waals surface area contributed by atoms with Gasteiger partial charge in [0.25, 0.3) is 0 Å². The van der Waals surface area contributed by atoms with Crippen molar-refractivity contribution in [2.24, 2.45) is 17.9 Å². The lowest BCUT2D eigenvalue weighted by molar-refractivity contribution is 0.318. The number of rotatable bonds is 3. The largest absolute Gasteiger partial charge is 0.508 e. The molecule has 0 aliphatic heterocycles. The molecular formula is C16H17FN6O2. The highest BCUT2D eigenvalue weighted by atomic mass is 19.1. The molecule has 9 heteroatoms. The van der Waals surface area contributed by atoms with E-state index >= 15 is 0 Å². The summed E-state index contributed by atoms with van der Waals surface area (Å²) in [6.45, 7) is 3.62. The van der Waals surface area contributed by atoms with Gasteiger partial charge in [0.15, 0.2) is 5.84 Å². The third-order valence-corrected chi connectivity index (χ3v) is 3.92. The second-order valence-electron chi connectivity index (χ2n) is 5.60. The van der Waals surface area contributed by atoms with Crippen LogP contribution in [0.25, 0.3) is 16.9 Å². The monoisotopic (exact) mass is 344 g/mol. The molecule has 0 fully saturated rings. The van der Waals surface area contributed by atoms with Gasteiger partial charge in [0.1, 0.15) is 34.5 Å². The van der Waals surface area contributed by atoms with Crippen molar-refractivity contribution < 1.29 is 14.7 Å². The normalized spacial score (nSPS) is 11.9. The highest BCUT2D eigenvalue weighted by molar-refractivity contribution is 6.01. The second-order valence-corrected chi connectivity index (χ2v) is 5.60. The predicted octanol–water partition coefficient (Wildman–Crippen LogP) is 1.83. The zero-order valence-corrected chi connectivity index (χ0v) is 13.9. The van der Waals surface area contributed by atoms with Crippen LogP contribution in [-0.2, 0) is 7.05 Å². The maximum atomic E-state index is 14.4. The van der Waals surface area contributed by atoms with E-state index in [2.05, 4.69) is 15.2 Å². The van der Waals surface area contributed by atoms with Gasteiger partial charge in [-0.1, -0.05) is 5.16 Å². The van der Waals surface area contributed by atoms with Crippen molar-refractivity contribution in [1.82, 2.24) is 19.3 Å². The van der Waals surface area contributed by atoms with Crippen molar-refractivity contribution >= 4 is 5.84 Å². The first-order valence-corrected chi connectivity index (χ1v) is 7.40. The average molecular weight is 344 g/mol. The van der Waals surface area contributed by atoms with Crippen LogP contribution in [0.5, 0.6) is 5.75 Å². The lowest BCUT2D eigenvalue weighted by atomic mass is 10.1. The fourth-order valence-corrected chi connectivity index (χ4v) is 2.83. The van der Waals surface area contributed by atoms with E-state index in [4.69, 9.17) is 10.9 Å². The SMILES string of the molecule is Cc1cnc(C)n1-c1c(-c2ccc(O)cc2F)nn(C)c1/C(N)=N/O. The lowest BCUT2D eigenvalue weighted by Crippen LogP contribution is -2.20. The Bertz CT molecular complexity index is 969. The molecule has 3 rings (SSSR count). The number of aryl methyl sites for hydroxylation is 3. The van der Waals surface area contributed by atoms with Crippen molar-refractivity contribution in [3.05, 3.63) is 47.4 Å². The van der Waals surface area contributed by atoms with Crippen LogP contribution in [0.1, 0.15) is 17.2 Å². The van der Waals surface area contributed by atoms with Crippen LogP contribution in [0.2, 0.25) is 0 Å². The van der Waals surface area contributed by atoms with Crippen LogP contribution < -0.4 is 5.73 Å². The van der Waals surface area contributed by atoms with Crippen molar-refractivity contribution in [1.29, 1.82) is 0 Å². The van der Waals surface area contributed by atoms with Gasteiger partial charge in [0.2, 0.25) is 0 Å². The first kappa shape index (κ1) is 16.5. The minimum absolute atomic E-state index is 0.164. The standard InChI is InChI=1S/C16H17FN6O2/c1-8-7-19-9(2)23(8)14-13(11-5-4-10(24)6-12(11)17)20-22(3)15(14)16(18)21-25/h4-7,24-25H,1-3H3,(H2,18,21). The Morgan fingerprint density at radius 2 is 2.04 bits per heavy atom. The highest BCUT2D eigenvalue weighted by Crippen LogP contribution is 2.33. The number of nitrogens with two attached hydrogens (primary N) is 1. The molecule has 0 radical (unpaired) electrons. The van der Waals surface area contributed by atoms with Crippen molar-refractivity contribution in [2.75, 3.05) is 0 Å². The predicted molar refractivity (Wildman–Crippen MR) is 89.4 cm³/mol. The van der Waals surface area contributed by atoms with Gasteiger partial charge < -0.3 is 16.0 Å². The highest BCUT2D eigenvalue weighted by Gasteiger charge is 2.26. The molecule has 0 unspecified atom stereocenters. The summed E-state index contributed by atoms with van der Waals surface area (Å²) in [5.41, 5.74) is 7.81. The van der Waals surface area contributed by atoms with E-state index in [0.717, 1.165) is 11.8 Å². The molecule has 1 aromatic carbocycles. The maximum absolute atomic E-state index is 14.4. The van der Waals surface area contributed by atoms with Gasteiger partial charge >= 0.3 is 0 Å². The Morgan fingerprint density at radius 1 is 1.32 bits per heavy atom. The van der Waals surface area contributed by atoms with Gasteiger partial charge in [-0.25, -0.2) is 9.37 Å². The number of amidine groups is 1. The fourth-order valence-electron chi connectivity index (χ4n) is 2.83. The second kappa shape index (κ2) is 5.93. The Hall–Kier alpha value is -3.36. The molecule has 0 amide bonds. The molecule has 0 spiro atoms. The van der Waals surface area contributed by atoms with Crippen LogP contribution in [0.4, 0.5) is 4.39 Å². The fraction of sp³-hybridized carbons (Fsp3) is 0.188. The Morgan fingerprint density at radius 3 is 2.60 bits per heavy atom. The number of phenolic OH excluding ortho intramolecular Hbond substituents is 1.